The monoisotopic (exact) mass is 447 g/mol. The zero-order valence-corrected chi connectivity index (χ0v) is 19.8. The fourth-order valence-electron chi connectivity index (χ4n) is 4.89. The molecule has 0 radical (unpaired) electrons. The van der Waals surface area contributed by atoms with E-state index in [9.17, 15) is 4.79 Å². The number of benzene rings is 1. The Morgan fingerprint density at radius 1 is 1.19 bits per heavy atom. The highest BCUT2D eigenvalue weighted by molar-refractivity contribution is 6.04. The van der Waals surface area contributed by atoms with Crippen LogP contribution in [0.2, 0.25) is 0 Å². The van der Waals surface area contributed by atoms with Crippen LogP contribution < -0.4 is 10.6 Å². The predicted octanol–water partition coefficient (Wildman–Crippen LogP) is 4.01. The number of hydrogen-bond donors (Lipinski definition) is 2. The van der Waals surface area contributed by atoms with Gasteiger partial charge in [-0.15, -0.1) is 12.4 Å². The molecule has 2 N–H and O–H groups in total. The van der Waals surface area contributed by atoms with Gasteiger partial charge in [0.25, 0.3) is 5.91 Å². The van der Waals surface area contributed by atoms with E-state index in [-0.39, 0.29) is 24.4 Å². The summed E-state index contributed by atoms with van der Waals surface area (Å²) in [6.07, 6.45) is 7.65. The van der Waals surface area contributed by atoms with Crippen molar-refractivity contribution in [3.63, 3.8) is 0 Å². The number of nitrogens with zero attached hydrogens (tertiary/aromatic N) is 3. The summed E-state index contributed by atoms with van der Waals surface area (Å²) in [5.41, 5.74) is 1.58. The smallest absolute Gasteiger partial charge is 0.272 e. The average molecular weight is 448 g/mol. The standard InChI is InChI=1S/C24H37N5O.ClH/c1-18(2)29-22-9-4-3-8-21(22)23(27-29)24(30)26-17-19-10-14-28(15-11-19)16-12-20-7-5-6-13-25-20;/h3-4,8-9,18-20,25H,5-7,10-17H2,1-2H3,(H,26,30);1H. The minimum Gasteiger partial charge on any atom is -0.350 e. The molecule has 0 spiro atoms. The second-order valence-electron chi connectivity index (χ2n) is 9.33. The van der Waals surface area contributed by atoms with Gasteiger partial charge in [-0.1, -0.05) is 24.6 Å². The van der Waals surface area contributed by atoms with Crippen molar-refractivity contribution in [1.29, 1.82) is 0 Å². The molecule has 2 fully saturated rings. The van der Waals surface area contributed by atoms with Crippen molar-refractivity contribution in [2.45, 2.75) is 64.5 Å². The zero-order chi connectivity index (χ0) is 20.9. The molecule has 1 amide bonds. The van der Waals surface area contributed by atoms with E-state index < -0.39 is 0 Å². The topological polar surface area (TPSA) is 62.2 Å². The van der Waals surface area contributed by atoms with Crippen LogP contribution in [0.25, 0.3) is 10.9 Å². The maximum Gasteiger partial charge on any atom is 0.272 e. The molecule has 1 atom stereocenters. The van der Waals surface area contributed by atoms with E-state index in [1.807, 2.05) is 28.9 Å². The summed E-state index contributed by atoms with van der Waals surface area (Å²) < 4.78 is 1.95. The molecule has 1 unspecified atom stereocenters. The van der Waals surface area contributed by atoms with Crippen LogP contribution in [0.3, 0.4) is 0 Å². The molecule has 4 rings (SSSR count). The summed E-state index contributed by atoms with van der Waals surface area (Å²) in [7, 11) is 0. The highest BCUT2D eigenvalue weighted by atomic mass is 35.5. The van der Waals surface area contributed by atoms with Crippen LogP contribution in [0.5, 0.6) is 0 Å². The molecule has 2 aliphatic heterocycles. The Balaban J connectivity index is 0.00000272. The largest absolute Gasteiger partial charge is 0.350 e. The third-order valence-corrected chi connectivity index (χ3v) is 6.78. The molecular weight excluding hydrogens is 410 g/mol. The van der Waals surface area contributed by atoms with Crippen molar-refractivity contribution in [3.05, 3.63) is 30.0 Å². The summed E-state index contributed by atoms with van der Waals surface area (Å²) in [6.45, 7) is 9.64. The van der Waals surface area contributed by atoms with Crippen LogP contribution >= 0.6 is 12.4 Å². The van der Waals surface area contributed by atoms with Crippen molar-refractivity contribution >= 4 is 29.2 Å². The first kappa shape index (κ1) is 24.0. The predicted molar refractivity (Wildman–Crippen MR) is 129 cm³/mol. The van der Waals surface area contributed by atoms with Crippen molar-refractivity contribution in [1.82, 2.24) is 25.3 Å². The van der Waals surface area contributed by atoms with Crippen LogP contribution in [0.4, 0.5) is 0 Å². The Labute approximate surface area is 192 Å². The van der Waals surface area contributed by atoms with Gasteiger partial charge in [0.1, 0.15) is 0 Å². The fourth-order valence-corrected chi connectivity index (χ4v) is 4.89. The minimum absolute atomic E-state index is 0. The van der Waals surface area contributed by atoms with E-state index in [1.54, 1.807) is 0 Å². The highest BCUT2D eigenvalue weighted by Crippen LogP contribution is 2.22. The Morgan fingerprint density at radius 3 is 2.68 bits per heavy atom. The van der Waals surface area contributed by atoms with Crippen molar-refractivity contribution in [2.75, 3.05) is 32.7 Å². The van der Waals surface area contributed by atoms with Gasteiger partial charge in [0.05, 0.1) is 5.52 Å². The number of likely N-dealkylation sites (tertiary alicyclic amines) is 1. The van der Waals surface area contributed by atoms with Crippen molar-refractivity contribution < 1.29 is 4.79 Å². The molecule has 2 aliphatic rings. The van der Waals surface area contributed by atoms with E-state index in [0.717, 1.165) is 36.6 Å². The SMILES string of the molecule is CC(C)n1nc(C(=O)NCC2CCN(CCC3CCCCN3)CC2)c2ccccc21.Cl. The molecule has 1 aromatic carbocycles. The number of fused-ring (bicyclic) bond motifs is 1. The quantitative estimate of drug-likeness (QED) is 0.673. The molecule has 3 heterocycles. The first-order valence-electron chi connectivity index (χ1n) is 11.8. The van der Waals surface area contributed by atoms with Gasteiger partial charge in [-0.05, 0) is 84.1 Å². The van der Waals surface area contributed by atoms with E-state index in [0.29, 0.717) is 11.6 Å². The number of amides is 1. The number of carbonyl (C=O) groups is 1. The van der Waals surface area contributed by atoms with E-state index in [4.69, 9.17) is 0 Å². The fraction of sp³-hybridized carbons (Fsp3) is 0.667. The van der Waals surface area contributed by atoms with Gasteiger partial charge in [0.15, 0.2) is 5.69 Å². The van der Waals surface area contributed by atoms with Gasteiger partial charge in [-0.25, -0.2) is 0 Å². The number of hydrogen-bond acceptors (Lipinski definition) is 4. The molecule has 2 saturated heterocycles. The van der Waals surface area contributed by atoms with Gasteiger partial charge >= 0.3 is 0 Å². The number of nitrogens with one attached hydrogen (secondary N) is 2. The van der Waals surface area contributed by atoms with Gasteiger partial charge in [-0.3, -0.25) is 9.48 Å². The number of carbonyl (C=O) groups excluding carboxylic acids is 1. The number of aromatic nitrogens is 2. The normalized spacial score (nSPS) is 20.7. The lowest BCUT2D eigenvalue weighted by Gasteiger charge is -2.33. The summed E-state index contributed by atoms with van der Waals surface area (Å²) in [5, 5.41) is 12.4. The molecular formula is C24H38ClN5O. The second kappa shape index (κ2) is 11.3. The first-order valence-corrected chi connectivity index (χ1v) is 11.8. The van der Waals surface area contributed by atoms with Gasteiger partial charge in [0.2, 0.25) is 0 Å². The second-order valence-corrected chi connectivity index (χ2v) is 9.33. The molecule has 0 bridgehead atoms. The number of halogens is 1. The molecule has 172 valence electrons. The lowest BCUT2D eigenvalue weighted by molar-refractivity contribution is 0.0931. The third-order valence-electron chi connectivity index (χ3n) is 6.78. The summed E-state index contributed by atoms with van der Waals surface area (Å²) in [5.74, 6) is 0.521. The first-order chi connectivity index (χ1) is 14.6. The highest BCUT2D eigenvalue weighted by Gasteiger charge is 2.23. The van der Waals surface area contributed by atoms with E-state index in [1.165, 1.54) is 51.6 Å². The third kappa shape index (κ3) is 5.99. The Kier molecular flexibility index (Phi) is 8.76. The van der Waals surface area contributed by atoms with Gasteiger partial charge in [-0.2, -0.15) is 5.10 Å². The van der Waals surface area contributed by atoms with Crippen LogP contribution in [0.15, 0.2) is 24.3 Å². The van der Waals surface area contributed by atoms with E-state index >= 15 is 0 Å². The Morgan fingerprint density at radius 2 is 1.97 bits per heavy atom. The molecule has 31 heavy (non-hydrogen) atoms. The van der Waals surface area contributed by atoms with Crippen molar-refractivity contribution in [2.24, 2.45) is 5.92 Å². The molecule has 7 heteroatoms. The van der Waals surface area contributed by atoms with Crippen LogP contribution in [0, 0.1) is 5.92 Å². The number of piperidine rings is 2. The van der Waals surface area contributed by atoms with Crippen LogP contribution in [-0.2, 0) is 0 Å². The summed E-state index contributed by atoms with van der Waals surface area (Å²) >= 11 is 0. The minimum atomic E-state index is -0.0450. The number of rotatable bonds is 7. The molecule has 6 nitrogen and oxygen atoms in total. The zero-order valence-electron chi connectivity index (χ0n) is 19.0. The maximum atomic E-state index is 12.9. The Hall–Kier alpha value is -1.63. The lowest BCUT2D eigenvalue weighted by Crippen LogP contribution is -2.41. The Bertz CT molecular complexity index is 838. The van der Waals surface area contributed by atoms with Gasteiger partial charge < -0.3 is 15.5 Å². The summed E-state index contributed by atoms with van der Waals surface area (Å²) in [6, 6.07) is 8.96. The van der Waals surface area contributed by atoms with Crippen LogP contribution in [0.1, 0.15) is 68.9 Å². The van der Waals surface area contributed by atoms with E-state index in [2.05, 4.69) is 34.5 Å². The molecule has 0 aliphatic carbocycles. The lowest BCUT2D eigenvalue weighted by atomic mass is 9.95. The van der Waals surface area contributed by atoms with Gasteiger partial charge in [0, 0.05) is 24.0 Å². The molecule has 0 saturated carbocycles. The van der Waals surface area contributed by atoms with Crippen molar-refractivity contribution in [3.8, 4) is 0 Å². The summed E-state index contributed by atoms with van der Waals surface area (Å²) in [4.78, 5) is 15.5. The van der Waals surface area contributed by atoms with Crippen LogP contribution in [-0.4, -0.2) is 59.4 Å². The average Bonchev–Trinajstić information content (AvgIpc) is 3.18. The molecule has 2 aromatic rings. The number of para-hydroxylation sites is 1. The maximum absolute atomic E-state index is 12.9. The molecule has 1 aromatic heterocycles.